The van der Waals surface area contributed by atoms with Crippen LogP contribution in [0.1, 0.15) is 35.1 Å². The summed E-state index contributed by atoms with van der Waals surface area (Å²) >= 11 is 1.84. The second kappa shape index (κ2) is 6.26. The molecule has 0 aliphatic carbocycles. The molecule has 0 saturated heterocycles. The van der Waals surface area contributed by atoms with Gasteiger partial charge in [-0.05, 0) is 31.9 Å². The van der Waals surface area contributed by atoms with E-state index in [1.54, 1.807) is 0 Å². The van der Waals surface area contributed by atoms with Gasteiger partial charge in [0.2, 0.25) is 0 Å². The van der Waals surface area contributed by atoms with Gasteiger partial charge < -0.3 is 10.4 Å². The first kappa shape index (κ1) is 12.7. The standard InChI is InChI=1S/C12H21NOS/c1-4-5-12(14)8-13-7-11-6-9(2)15-10(11)3/h6,12-14H,4-5,7-8H2,1-3H3. The number of nitrogens with one attached hydrogen (secondary N) is 1. The number of aliphatic hydroxyl groups excluding tert-OH is 1. The lowest BCUT2D eigenvalue weighted by Crippen LogP contribution is -2.26. The van der Waals surface area contributed by atoms with E-state index in [4.69, 9.17) is 0 Å². The number of rotatable bonds is 6. The summed E-state index contributed by atoms with van der Waals surface area (Å²) < 4.78 is 0. The van der Waals surface area contributed by atoms with Crippen LogP contribution in [0.4, 0.5) is 0 Å². The van der Waals surface area contributed by atoms with E-state index in [9.17, 15) is 5.11 Å². The van der Waals surface area contributed by atoms with Crippen LogP contribution in [-0.2, 0) is 6.54 Å². The molecule has 1 atom stereocenters. The van der Waals surface area contributed by atoms with Gasteiger partial charge in [0, 0.05) is 22.8 Å². The van der Waals surface area contributed by atoms with Crippen LogP contribution < -0.4 is 5.32 Å². The monoisotopic (exact) mass is 227 g/mol. The summed E-state index contributed by atoms with van der Waals surface area (Å²) in [6.07, 6.45) is 1.73. The second-order valence-corrected chi connectivity index (χ2v) is 5.47. The quantitative estimate of drug-likeness (QED) is 0.783. The van der Waals surface area contributed by atoms with Crippen LogP contribution in [0.5, 0.6) is 0 Å². The smallest absolute Gasteiger partial charge is 0.0664 e. The first-order valence-electron chi connectivity index (χ1n) is 5.58. The van der Waals surface area contributed by atoms with Gasteiger partial charge in [0.05, 0.1) is 6.10 Å². The zero-order chi connectivity index (χ0) is 11.3. The molecule has 0 aromatic carbocycles. The molecule has 1 aromatic rings. The summed E-state index contributed by atoms with van der Waals surface area (Å²) in [7, 11) is 0. The summed E-state index contributed by atoms with van der Waals surface area (Å²) in [5.41, 5.74) is 1.36. The minimum absolute atomic E-state index is 0.199. The normalized spacial score (nSPS) is 13.1. The van der Waals surface area contributed by atoms with Crippen molar-refractivity contribution >= 4 is 11.3 Å². The Morgan fingerprint density at radius 2 is 2.20 bits per heavy atom. The fraction of sp³-hybridized carbons (Fsp3) is 0.667. The maximum absolute atomic E-state index is 9.54. The highest BCUT2D eigenvalue weighted by Crippen LogP contribution is 2.20. The number of thiophene rings is 1. The Hall–Kier alpha value is -0.380. The molecule has 2 nitrogen and oxygen atoms in total. The molecule has 1 unspecified atom stereocenters. The molecular weight excluding hydrogens is 206 g/mol. The van der Waals surface area contributed by atoms with Gasteiger partial charge in [0.25, 0.3) is 0 Å². The molecule has 0 aliphatic heterocycles. The van der Waals surface area contributed by atoms with Crippen LogP contribution in [-0.4, -0.2) is 17.8 Å². The van der Waals surface area contributed by atoms with Crippen LogP contribution in [0.25, 0.3) is 0 Å². The predicted octanol–water partition coefficient (Wildman–Crippen LogP) is 2.62. The van der Waals surface area contributed by atoms with Crippen molar-refractivity contribution in [1.82, 2.24) is 5.32 Å². The molecule has 0 bridgehead atoms. The highest BCUT2D eigenvalue weighted by atomic mass is 32.1. The van der Waals surface area contributed by atoms with E-state index in [1.807, 2.05) is 11.3 Å². The van der Waals surface area contributed by atoms with Crippen LogP contribution in [0.2, 0.25) is 0 Å². The van der Waals surface area contributed by atoms with Crippen molar-refractivity contribution in [3.63, 3.8) is 0 Å². The Kier molecular flexibility index (Phi) is 5.29. The van der Waals surface area contributed by atoms with E-state index in [2.05, 4.69) is 32.2 Å². The Labute approximate surface area is 96.3 Å². The molecule has 0 aliphatic rings. The van der Waals surface area contributed by atoms with E-state index >= 15 is 0 Å². The van der Waals surface area contributed by atoms with Gasteiger partial charge in [-0.25, -0.2) is 0 Å². The van der Waals surface area contributed by atoms with Crippen molar-refractivity contribution in [2.75, 3.05) is 6.54 Å². The average Bonchev–Trinajstić information content (AvgIpc) is 2.46. The molecule has 1 aromatic heterocycles. The SMILES string of the molecule is CCCC(O)CNCc1cc(C)sc1C. The molecule has 3 heteroatoms. The third-order valence-corrected chi connectivity index (χ3v) is 3.47. The average molecular weight is 227 g/mol. The molecule has 0 radical (unpaired) electrons. The van der Waals surface area contributed by atoms with Crippen molar-refractivity contribution in [3.05, 3.63) is 21.4 Å². The highest BCUT2D eigenvalue weighted by molar-refractivity contribution is 7.12. The van der Waals surface area contributed by atoms with Crippen LogP contribution in [0.15, 0.2) is 6.07 Å². The van der Waals surface area contributed by atoms with Gasteiger partial charge in [-0.1, -0.05) is 13.3 Å². The van der Waals surface area contributed by atoms with E-state index in [0.29, 0.717) is 6.54 Å². The summed E-state index contributed by atoms with van der Waals surface area (Å²) in [5.74, 6) is 0. The Balaban J connectivity index is 2.28. The zero-order valence-electron chi connectivity index (χ0n) is 9.84. The maximum Gasteiger partial charge on any atom is 0.0664 e. The first-order valence-corrected chi connectivity index (χ1v) is 6.39. The largest absolute Gasteiger partial charge is 0.392 e. The number of hydrogen-bond acceptors (Lipinski definition) is 3. The third-order valence-electron chi connectivity index (χ3n) is 2.46. The minimum atomic E-state index is -0.199. The lowest BCUT2D eigenvalue weighted by molar-refractivity contribution is 0.160. The number of hydrogen-bond donors (Lipinski definition) is 2. The lowest BCUT2D eigenvalue weighted by atomic mass is 10.2. The van der Waals surface area contributed by atoms with Crippen molar-refractivity contribution in [1.29, 1.82) is 0 Å². The van der Waals surface area contributed by atoms with Crippen LogP contribution in [0, 0.1) is 13.8 Å². The molecule has 1 heterocycles. The molecule has 0 saturated carbocycles. The molecule has 0 fully saturated rings. The van der Waals surface area contributed by atoms with Crippen LogP contribution >= 0.6 is 11.3 Å². The summed E-state index contributed by atoms with van der Waals surface area (Å²) in [6.45, 7) is 7.94. The van der Waals surface area contributed by atoms with E-state index in [0.717, 1.165) is 19.4 Å². The third kappa shape index (κ3) is 4.33. The van der Waals surface area contributed by atoms with E-state index < -0.39 is 0 Å². The summed E-state index contributed by atoms with van der Waals surface area (Å²) in [5, 5.41) is 12.8. The fourth-order valence-electron chi connectivity index (χ4n) is 1.67. The molecule has 2 N–H and O–H groups in total. The van der Waals surface area contributed by atoms with Crippen molar-refractivity contribution < 1.29 is 5.11 Å². The molecule has 15 heavy (non-hydrogen) atoms. The summed E-state index contributed by atoms with van der Waals surface area (Å²) in [6, 6.07) is 2.22. The van der Waals surface area contributed by atoms with Gasteiger partial charge in [-0.2, -0.15) is 0 Å². The minimum Gasteiger partial charge on any atom is -0.392 e. The topological polar surface area (TPSA) is 32.3 Å². The molecule has 1 rings (SSSR count). The van der Waals surface area contributed by atoms with Gasteiger partial charge in [0.15, 0.2) is 0 Å². The molecule has 0 spiro atoms. The Morgan fingerprint density at radius 1 is 1.47 bits per heavy atom. The molecule has 86 valence electrons. The van der Waals surface area contributed by atoms with Gasteiger partial charge in [0.1, 0.15) is 0 Å². The van der Waals surface area contributed by atoms with Crippen LogP contribution in [0.3, 0.4) is 0 Å². The Morgan fingerprint density at radius 3 is 2.73 bits per heavy atom. The first-order chi connectivity index (χ1) is 7.13. The second-order valence-electron chi connectivity index (χ2n) is 4.01. The van der Waals surface area contributed by atoms with Crippen molar-refractivity contribution in [2.45, 2.75) is 46.3 Å². The van der Waals surface area contributed by atoms with Crippen molar-refractivity contribution in [3.8, 4) is 0 Å². The van der Waals surface area contributed by atoms with Gasteiger partial charge in [-0.3, -0.25) is 0 Å². The number of aliphatic hydroxyl groups is 1. The van der Waals surface area contributed by atoms with E-state index in [-0.39, 0.29) is 6.10 Å². The lowest BCUT2D eigenvalue weighted by Gasteiger charge is -2.10. The van der Waals surface area contributed by atoms with Gasteiger partial charge in [-0.15, -0.1) is 11.3 Å². The number of aryl methyl sites for hydroxylation is 2. The molecular formula is C12H21NOS. The fourth-order valence-corrected chi connectivity index (χ4v) is 2.61. The summed E-state index contributed by atoms with van der Waals surface area (Å²) in [4.78, 5) is 2.74. The predicted molar refractivity (Wildman–Crippen MR) is 66.4 cm³/mol. The highest BCUT2D eigenvalue weighted by Gasteiger charge is 2.04. The van der Waals surface area contributed by atoms with Crippen molar-refractivity contribution in [2.24, 2.45) is 0 Å². The van der Waals surface area contributed by atoms with E-state index in [1.165, 1.54) is 15.3 Å². The van der Waals surface area contributed by atoms with Gasteiger partial charge >= 0.3 is 0 Å². The Bertz CT molecular complexity index is 296. The zero-order valence-corrected chi connectivity index (χ0v) is 10.7. The maximum atomic E-state index is 9.54. The molecule has 0 amide bonds.